The molecular formula is C28H29N5O4S. The Labute approximate surface area is 224 Å². The van der Waals surface area contributed by atoms with E-state index in [2.05, 4.69) is 25.9 Å². The molecular weight excluding hydrogens is 502 g/mol. The van der Waals surface area contributed by atoms with Gasteiger partial charge >= 0.3 is 0 Å². The van der Waals surface area contributed by atoms with Gasteiger partial charge in [0.15, 0.2) is 5.01 Å². The number of rotatable bonds is 12. The fourth-order valence-corrected chi connectivity index (χ4v) is 4.75. The number of carbonyl (C=O) groups is 4. The molecule has 2 heterocycles. The van der Waals surface area contributed by atoms with Crippen LogP contribution >= 0.6 is 11.3 Å². The van der Waals surface area contributed by atoms with E-state index in [0.717, 1.165) is 22.0 Å². The minimum absolute atomic E-state index is 0.230. The minimum atomic E-state index is -0.871. The zero-order valence-corrected chi connectivity index (χ0v) is 21.7. The van der Waals surface area contributed by atoms with Crippen molar-refractivity contribution in [2.75, 3.05) is 6.54 Å². The highest BCUT2D eigenvalue weighted by atomic mass is 32.1. The molecule has 2 aromatic heterocycles. The van der Waals surface area contributed by atoms with Gasteiger partial charge < -0.3 is 20.9 Å². The van der Waals surface area contributed by atoms with E-state index in [1.54, 1.807) is 18.5 Å². The van der Waals surface area contributed by atoms with Gasteiger partial charge in [0.1, 0.15) is 6.04 Å². The van der Waals surface area contributed by atoms with Crippen LogP contribution in [-0.4, -0.2) is 52.1 Å². The van der Waals surface area contributed by atoms with Gasteiger partial charge in [-0.3, -0.25) is 19.2 Å². The fraction of sp³-hybridized carbons (Fsp3) is 0.250. The van der Waals surface area contributed by atoms with Gasteiger partial charge in [0, 0.05) is 47.9 Å². The third-order valence-electron chi connectivity index (χ3n) is 6.07. The SMILES string of the molecule is CCC(=O)NC(Cc1ccccc1)C(=O)NCC(=O)NC(Cc1c[nH]c2ccccc12)C(=O)c1nccs1. The summed E-state index contributed by atoms with van der Waals surface area (Å²) < 4.78 is 0. The van der Waals surface area contributed by atoms with Crippen LogP contribution in [0.2, 0.25) is 0 Å². The molecule has 4 rings (SSSR count). The third-order valence-corrected chi connectivity index (χ3v) is 6.86. The number of aromatic nitrogens is 2. The van der Waals surface area contributed by atoms with Crippen molar-refractivity contribution in [3.05, 3.63) is 88.5 Å². The highest BCUT2D eigenvalue weighted by molar-refractivity contribution is 7.11. The molecule has 0 aliphatic heterocycles. The second-order valence-electron chi connectivity index (χ2n) is 8.77. The number of H-pyrrole nitrogens is 1. The van der Waals surface area contributed by atoms with E-state index in [9.17, 15) is 19.2 Å². The summed E-state index contributed by atoms with van der Waals surface area (Å²) in [6, 6.07) is 15.3. The number of fused-ring (bicyclic) bond motifs is 1. The monoisotopic (exact) mass is 531 g/mol. The first kappa shape index (κ1) is 26.7. The number of para-hydroxylation sites is 1. The molecule has 3 amide bonds. The molecule has 0 aliphatic carbocycles. The van der Waals surface area contributed by atoms with Crippen molar-refractivity contribution >= 4 is 45.7 Å². The molecule has 0 spiro atoms. The Balaban J connectivity index is 1.43. The van der Waals surface area contributed by atoms with Gasteiger partial charge in [-0.05, 0) is 17.2 Å². The highest BCUT2D eigenvalue weighted by Gasteiger charge is 2.26. The summed E-state index contributed by atoms with van der Waals surface area (Å²) in [5.74, 6) is -1.57. The summed E-state index contributed by atoms with van der Waals surface area (Å²) >= 11 is 1.20. The van der Waals surface area contributed by atoms with Crippen molar-refractivity contribution in [1.29, 1.82) is 0 Å². The summed E-state index contributed by atoms with van der Waals surface area (Å²) in [5.41, 5.74) is 2.69. The van der Waals surface area contributed by atoms with E-state index >= 15 is 0 Å². The molecule has 0 fully saturated rings. The van der Waals surface area contributed by atoms with Crippen molar-refractivity contribution in [2.24, 2.45) is 0 Å². The third kappa shape index (κ3) is 6.92. The maximum absolute atomic E-state index is 13.2. The molecule has 4 N–H and O–H groups in total. The number of nitrogens with zero attached hydrogens (tertiary/aromatic N) is 1. The fourth-order valence-electron chi connectivity index (χ4n) is 4.12. The Hall–Kier alpha value is -4.31. The van der Waals surface area contributed by atoms with Crippen LogP contribution in [-0.2, 0) is 27.2 Å². The maximum Gasteiger partial charge on any atom is 0.243 e. The van der Waals surface area contributed by atoms with Gasteiger partial charge in [0.25, 0.3) is 0 Å². The van der Waals surface area contributed by atoms with Crippen molar-refractivity contribution in [2.45, 2.75) is 38.3 Å². The second kappa shape index (κ2) is 12.8. The van der Waals surface area contributed by atoms with Crippen LogP contribution in [0.3, 0.4) is 0 Å². The smallest absolute Gasteiger partial charge is 0.243 e. The molecule has 2 atom stereocenters. The van der Waals surface area contributed by atoms with Gasteiger partial charge in [-0.15, -0.1) is 11.3 Å². The first-order valence-electron chi connectivity index (χ1n) is 12.3. The summed E-state index contributed by atoms with van der Waals surface area (Å²) in [7, 11) is 0. The number of nitrogens with one attached hydrogen (secondary N) is 4. The number of hydrogen-bond donors (Lipinski definition) is 4. The Morgan fingerprint density at radius 2 is 1.66 bits per heavy atom. The molecule has 0 aliphatic rings. The van der Waals surface area contributed by atoms with E-state index in [-0.39, 0.29) is 37.5 Å². The summed E-state index contributed by atoms with van der Waals surface area (Å²) in [6.45, 7) is 1.36. The Morgan fingerprint density at radius 1 is 0.921 bits per heavy atom. The topological polar surface area (TPSA) is 133 Å². The van der Waals surface area contributed by atoms with Gasteiger partial charge in [-0.25, -0.2) is 4.98 Å². The molecule has 2 unspecified atom stereocenters. The van der Waals surface area contributed by atoms with Crippen LogP contribution in [0, 0.1) is 0 Å². The van der Waals surface area contributed by atoms with Crippen LogP contribution in [0.5, 0.6) is 0 Å². The molecule has 0 saturated carbocycles. The van der Waals surface area contributed by atoms with Crippen LogP contribution in [0.1, 0.15) is 34.3 Å². The lowest BCUT2D eigenvalue weighted by Gasteiger charge is -2.20. The molecule has 196 valence electrons. The first-order valence-corrected chi connectivity index (χ1v) is 13.2. The number of hydrogen-bond acceptors (Lipinski definition) is 6. The second-order valence-corrected chi connectivity index (χ2v) is 9.66. The van der Waals surface area contributed by atoms with Crippen LogP contribution in [0.15, 0.2) is 72.4 Å². The van der Waals surface area contributed by atoms with Crippen molar-refractivity contribution in [3.8, 4) is 0 Å². The quantitative estimate of drug-likeness (QED) is 0.209. The molecule has 0 bridgehead atoms. The summed E-state index contributed by atoms with van der Waals surface area (Å²) in [4.78, 5) is 58.3. The van der Waals surface area contributed by atoms with Gasteiger partial charge in [-0.1, -0.05) is 55.5 Å². The van der Waals surface area contributed by atoms with Crippen molar-refractivity contribution in [1.82, 2.24) is 25.9 Å². The average molecular weight is 532 g/mol. The summed E-state index contributed by atoms with van der Waals surface area (Å²) in [5, 5.41) is 11.0. The molecule has 2 aromatic carbocycles. The number of amides is 3. The molecule has 10 heteroatoms. The Morgan fingerprint density at radius 3 is 2.39 bits per heavy atom. The number of carbonyl (C=O) groups excluding carboxylic acids is 4. The molecule has 4 aromatic rings. The zero-order valence-electron chi connectivity index (χ0n) is 20.9. The number of Topliss-reactive ketones (excluding diaryl/α,β-unsaturated/α-hetero) is 1. The van der Waals surface area contributed by atoms with E-state index in [0.29, 0.717) is 5.01 Å². The van der Waals surface area contributed by atoms with Crippen molar-refractivity contribution in [3.63, 3.8) is 0 Å². The van der Waals surface area contributed by atoms with E-state index in [1.807, 2.05) is 60.8 Å². The molecule has 38 heavy (non-hydrogen) atoms. The Kier molecular flexibility index (Phi) is 8.99. The highest BCUT2D eigenvalue weighted by Crippen LogP contribution is 2.20. The molecule has 0 radical (unpaired) electrons. The lowest BCUT2D eigenvalue weighted by molar-refractivity contribution is -0.130. The van der Waals surface area contributed by atoms with Crippen LogP contribution in [0.25, 0.3) is 10.9 Å². The van der Waals surface area contributed by atoms with E-state index in [1.165, 1.54) is 11.3 Å². The predicted molar refractivity (Wildman–Crippen MR) is 146 cm³/mol. The number of ketones is 1. The first-order chi connectivity index (χ1) is 18.4. The standard InChI is InChI=1S/C28H29N5O4S/c1-2-24(34)33-23(14-18-8-4-3-5-9-18)27(37)31-17-25(35)32-22(26(36)28-29-12-13-38-28)15-19-16-30-21-11-7-6-10-20(19)21/h3-13,16,22-23,30H,2,14-15,17H2,1H3,(H,31,37)(H,32,35)(H,33,34). The van der Waals surface area contributed by atoms with Gasteiger partial charge in [-0.2, -0.15) is 0 Å². The number of benzene rings is 2. The van der Waals surface area contributed by atoms with Gasteiger partial charge in [0.2, 0.25) is 23.5 Å². The predicted octanol–water partition coefficient (Wildman–Crippen LogP) is 2.79. The lowest BCUT2D eigenvalue weighted by Crippen LogP contribution is -2.51. The maximum atomic E-state index is 13.2. The largest absolute Gasteiger partial charge is 0.361 e. The summed E-state index contributed by atoms with van der Waals surface area (Å²) in [6.07, 6.45) is 4.13. The molecule has 9 nitrogen and oxygen atoms in total. The average Bonchev–Trinajstić information content (AvgIpc) is 3.62. The Bertz CT molecular complexity index is 1400. The van der Waals surface area contributed by atoms with Crippen LogP contribution < -0.4 is 16.0 Å². The zero-order chi connectivity index (χ0) is 26.9. The normalized spacial score (nSPS) is 12.4. The number of thiazole rings is 1. The lowest BCUT2D eigenvalue weighted by atomic mass is 10.0. The van der Waals surface area contributed by atoms with Gasteiger partial charge in [0.05, 0.1) is 12.6 Å². The van der Waals surface area contributed by atoms with E-state index in [4.69, 9.17) is 0 Å². The van der Waals surface area contributed by atoms with Crippen molar-refractivity contribution < 1.29 is 19.2 Å². The van der Waals surface area contributed by atoms with Crippen LogP contribution in [0.4, 0.5) is 0 Å². The number of aromatic amines is 1. The molecule has 0 saturated heterocycles. The minimum Gasteiger partial charge on any atom is -0.361 e. The van der Waals surface area contributed by atoms with E-state index < -0.39 is 23.9 Å².